The van der Waals surface area contributed by atoms with Crippen molar-refractivity contribution in [3.05, 3.63) is 0 Å². The van der Waals surface area contributed by atoms with Crippen LogP contribution in [0.5, 0.6) is 0 Å². The van der Waals surface area contributed by atoms with Crippen molar-refractivity contribution in [3.8, 4) is 0 Å². The molecule has 6 nitrogen and oxygen atoms in total. The van der Waals surface area contributed by atoms with Crippen LogP contribution in [0.1, 0.15) is 26.7 Å². The number of nitrogens with two attached hydrogens (primary N) is 1. The molecule has 19 heavy (non-hydrogen) atoms. The number of rotatable bonds is 3. The van der Waals surface area contributed by atoms with Crippen molar-refractivity contribution in [2.45, 2.75) is 38.8 Å². The lowest BCUT2D eigenvalue weighted by Gasteiger charge is -2.42. The highest BCUT2D eigenvalue weighted by atomic mass is 32.2. The van der Waals surface area contributed by atoms with E-state index < -0.39 is 10.2 Å². The fourth-order valence-electron chi connectivity index (χ4n) is 2.99. The van der Waals surface area contributed by atoms with Crippen molar-refractivity contribution < 1.29 is 13.2 Å². The van der Waals surface area contributed by atoms with E-state index in [9.17, 15) is 8.42 Å². The standard InChI is InChI=1S/C12H25N3O3S/c1-10-4-3-5-15(12(10)8-13)19(16,17)14-6-7-18-11(2)9-14/h10-12H,3-9,13H2,1-2H3/t10-,11-,12+/m1/s1. The van der Waals surface area contributed by atoms with E-state index in [1.807, 2.05) is 6.92 Å². The summed E-state index contributed by atoms with van der Waals surface area (Å²) >= 11 is 0. The van der Waals surface area contributed by atoms with Gasteiger partial charge in [-0.3, -0.25) is 0 Å². The van der Waals surface area contributed by atoms with Crippen molar-refractivity contribution in [2.75, 3.05) is 32.8 Å². The van der Waals surface area contributed by atoms with Gasteiger partial charge in [-0.25, -0.2) is 0 Å². The molecular formula is C12H25N3O3S. The molecule has 0 aromatic rings. The average Bonchev–Trinajstić information content (AvgIpc) is 2.38. The predicted octanol–water partition coefficient (Wildman–Crippen LogP) is 0.0111. The first-order chi connectivity index (χ1) is 8.96. The normalized spacial score (nSPS) is 35.4. The van der Waals surface area contributed by atoms with Crippen LogP contribution in [0.3, 0.4) is 0 Å². The highest BCUT2D eigenvalue weighted by Crippen LogP contribution is 2.27. The molecule has 0 bridgehead atoms. The highest BCUT2D eigenvalue weighted by Gasteiger charge is 2.40. The van der Waals surface area contributed by atoms with Gasteiger partial charge in [0.25, 0.3) is 10.2 Å². The SMILES string of the molecule is C[C@@H]1CN(S(=O)(=O)N2CCC[C@@H](C)[C@@H]2CN)CCO1. The van der Waals surface area contributed by atoms with Gasteiger partial charge in [0.2, 0.25) is 0 Å². The molecule has 2 N–H and O–H groups in total. The Labute approximate surface area is 116 Å². The molecule has 0 amide bonds. The predicted molar refractivity (Wildman–Crippen MR) is 73.9 cm³/mol. The van der Waals surface area contributed by atoms with Crippen molar-refractivity contribution in [3.63, 3.8) is 0 Å². The molecule has 0 aromatic carbocycles. The molecule has 2 saturated heterocycles. The third-order valence-corrected chi connectivity index (χ3v) is 6.16. The van der Waals surface area contributed by atoms with Crippen molar-refractivity contribution in [1.82, 2.24) is 8.61 Å². The van der Waals surface area contributed by atoms with Crippen LogP contribution in [-0.2, 0) is 14.9 Å². The molecule has 0 aromatic heterocycles. The van der Waals surface area contributed by atoms with E-state index in [1.165, 1.54) is 0 Å². The Kier molecular flexibility index (Phi) is 4.84. The monoisotopic (exact) mass is 291 g/mol. The van der Waals surface area contributed by atoms with Gasteiger partial charge in [0.05, 0.1) is 12.7 Å². The molecule has 2 aliphatic rings. The number of morpholine rings is 1. The zero-order valence-electron chi connectivity index (χ0n) is 11.8. The zero-order valence-corrected chi connectivity index (χ0v) is 12.6. The number of hydrogen-bond donors (Lipinski definition) is 1. The van der Waals surface area contributed by atoms with Crippen molar-refractivity contribution in [1.29, 1.82) is 0 Å². The summed E-state index contributed by atoms with van der Waals surface area (Å²) < 4.78 is 34.1. The Bertz CT molecular complexity index is 401. The van der Waals surface area contributed by atoms with Gasteiger partial charge in [0, 0.05) is 32.2 Å². The van der Waals surface area contributed by atoms with Crippen molar-refractivity contribution in [2.24, 2.45) is 11.7 Å². The van der Waals surface area contributed by atoms with E-state index in [2.05, 4.69) is 6.92 Å². The van der Waals surface area contributed by atoms with Crippen LogP contribution in [0.15, 0.2) is 0 Å². The van der Waals surface area contributed by atoms with E-state index in [0.29, 0.717) is 38.7 Å². The summed E-state index contributed by atoms with van der Waals surface area (Å²) in [5, 5.41) is 0. The number of hydrogen-bond acceptors (Lipinski definition) is 4. The Balaban J connectivity index is 2.17. The Morgan fingerprint density at radius 1 is 1.32 bits per heavy atom. The fourth-order valence-corrected chi connectivity index (χ4v) is 4.99. The molecule has 0 radical (unpaired) electrons. The lowest BCUT2D eigenvalue weighted by atomic mass is 9.93. The minimum absolute atomic E-state index is 0.0398. The van der Waals surface area contributed by atoms with Gasteiger partial charge in [-0.05, 0) is 25.7 Å². The highest BCUT2D eigenvalue weighted by molar-refractivity contribution is 7.86. The van der Waals surface area contributed by atoms with E-state index in [1.54, 1.807) is 8.61 Å². The number of nitrogens with zero attached hydrogens (tertiary/aromatic N) is 2. The van der Waals surface area contributed by atoms with Crippen LogP contribution >= 0.6 is 0 Å². The third kappa shape index (κ3) is 3.11. The second-order valence-corrected chi connectivity index (χ2v) is 7.46. The molecular weight excluding hydrogens is 266 g/mol. The van der Waals surface area contributed by atoms with E-state index in [0.717, 1.165) is 12.8 Å². The van der Waals surface area contributed by atoms with Gasteiger partial charge in [-0.15, -0.1) is 0 Å². The molecule has 0 saturated carbocycles. The quantitative estimate of drug-likeness (QED) is 0.795. The van der Waals surface area contributed by atoms with E-state index >= 15 is 0 Å². The Morgan fingerprint density at radius 2 is 2.05 bits per heavy atom. The fraction of sp³-hybridized carbons (Fsp3) is 1.00. The van der Waals surface area contributed by atoms with Crippen LogP contribution in [0.4, 0.5) is 0 Å². The molecule has 2 rings (SSSR count). The van der Waals surface area contributed by atoms with Crippen LogP contribution < -0.4 is 5.73 Å². The average molecular weight is 291 g/mol. The summed E-state index contributed by atoms with van der Waals surface area (Å²) in [5.41, 5.74) is 5.79. The molecule has 2 aliphatic heterocycles. The van der Waals surface area contributed by atoms with Gasteiger partial charge >= 0.3 is 0 Å². The van der Waals surface area contributed by atoms with Crippen LogP contribution in [-0.4, -0.2) is 62.0 Å². The molecule has 112 valence electrons. The zero-order chi connectivity index (χ0) is 14.0. The smallest absolute Gasteiger partial charge is 0.282 e. The molecule has 3 atom stereocenters. The topological polar surface area (TPSA) is 75.9 Å². The first-order valence-corrected chi connectivity index (χ1v) is 8.45. The minimum Gasteiger partial charge on any atom is -0.376 e. The molecule has 0 spiro atoms. The van der Waals surface area contributed by atoms with Crippen LogP contribution in [0, 0.1) is 5.92 Å². The third-order valence-electron chi connectivity index (χ3n) is 4.13. The van der Waals surface area contributed by atoms with E-state index in [-0.39, 0.29) is 12.1 Å². The largest absolute Gasteiger partial charge is 0.376 e. The molecule has 0 unspecified atom stereocenters. The second-order valence-electron chi connectivity index (χ2n) is 5.58. The van der Waals surface area contributed by atoms with Gasteiger partial charge in [-0.1, -0.05) is 6.92 Å². The molecule has 2 heterocycles. The van der Waals surface area contributed by atoms with Crippen molar-refractivity contribution >= 4 is 10.2 Å². The van der Waals surface area contributed by atoms with Gasteiger partial charge in [0.15, 0.2) is 0 Å². The van der Waals surface area contributed by atoms with Crippen LogP contribution in [0.25, 0.3) is 0 Å². The molecule has 2 fully saturated rings. The maximum atomic E-state index is 12.7. The van der Waals surface area contributed by atoms with Gasteiger partial charge < -0.3 is 10.5 Å². The number of piperidine rings is 1. The Hall–Kier alpha value is -0.210. The van der Waals surface area contributed by atoms with Gasteiger partial charge in [-0.2, -0.15) is 17.0 Å². The van der Waals surface area contributed by atoms with Crippen LogP contribution in [0.2, 0.25) is 0 Å². The first-order valence-electron chi connectivity index (χ1n) is 7.05. The van der Waals surface area contributed by atoms with E-state index in [4.69, 9.17) is 10.5 Å². The maximum Gasteiger partial charge on any atom is 0.282 e. The maximum absolute atomic E-state index is 12.7. The minimum atomic E-state index is -3.41. The lowest BCUT2D eigenvalue weighted by Crippen LogP contribution is -2.58. The summed E-state index contributed by atoms with van der Waals surface area (Å²) in [6, 6.07) is -0.0723. The molecule has 0 aliphatic carbocycles. The summed E-state index contributed by atoms with van der Waals surface area (Å²) in [5.74, 6) is 0.326. The lowest BCUT2D eigenvalue weighted by molar-refractivity contribution is 0.00687. The van der Waals surface area contributed by atoms with Gasteiger partial charge in [0.1, 0.15) is 0 Å². The number of ether oxygens (including phenoxy) is 1. The molecule has 7 heteroatoms. The summed E-state index contributed by atoms with van der Waals surface area (Å²) in [7, 11) is -3.41. The first kappa shape index (κ1) is 15.2. The Morgan fingerprint density at radius 3 is 2.68 bits per heavy atom. The summed E-state index contributed by atoms with van der Waals surface area (Å²) in [4.78, 5) is 0. The summed E-state index contributed by atoms with van der Waals surface area (Å²) in [6.45, 7) is 6.30. The second kappa shape index (κ2) is 6.05. The summed E-state index contributed by atoms with van der Waals surface area (Å²) in [6.07, 6.45) is 1.92.